The zero-order chi connectivity index (χ0) is 20.1. The molecule has 2 nitrogen and oxygen atoms in total. The summed E-state index contributed by atoms with van der Waals surface area (Å²) in [5, 5.41) is 0. The van der Waals surface area contributed by atoms with Crippen LogP contribution in [0.25, 0.3) is 0 Å². The van der Waals surface area contributed by atoms with E-state index in [2.05, 4.69) is 91.9 Å². The number of rotatable bonds is 9. The van der Waals surface area contributed by atoms with Gasteiger partial charge in [0.1, 0.15) is 8.07 Å². The van der Waals surface area contributed by atoms with Crippen molar-refractivity contribution in [2.75, 3.05) is 0 Å². The molecule has 0 saturated carbocycles. The Morgan fingerprint density at radius 1 is 0.760 bits per heavy atom. The van der Waals surface area contributed by atoms with E-state index in [-0.39, 0.29) is 0 Å². The largest absolute Gasteiger partial charge is 0.391 e. The van der Waals surface area contributed by atoms with Crippen LogP contribution >= 0.6 is 0 Å². The van der Waals surface area contributed by atoms with Crippen LogP contribution in [0.2, 0.25) is 57.9 Å². The molecule has 0 radical (unpaired) electrons. The second-order valence-electron chi connectivity index (χ2n) is 10.8. The normalized spacial score (nSPS) is 14.0. The summed E-state index contributed by atoms with van der Waals surface area (Å²) in [6.07, 6.45) is 0.681. The summed E-state index contributed by atoms with van der Waals surface area (Å²) >= 11 is 0. The standard InChI is InChI=1S/C20H44O2Si3/c1-18(2)16-24(9,10)21-20(5,14-13-15-23(6,7)8)22-25(11,12)17-19(3)4/h18-19H,14,16-17H2,1-12H3. The van der Waals surface area contributed by atoms with Crippen molar-refractivity contribution in [3.63, 3.8) is 0 Å². The minimum Gasteiger partial charge on any atom is -0.391 e. The predicted molar refractivity (Wildman–Crippen MR) is 121 cm³/mol. The molecule has 0 aliphatic heterocycles. The number of hydrogen-bond donors (Lipinski definition) is 0. The van der Waals surface area contributed by atoms with Gasteiger partial charge in [-0.1, -0.05) is 47.3 Å². The van der Waals surface area contributed by atoms with Crippen LogP contribution in [0.15, 0.2) is 0 Å². The fourth-order valence-corrected chi connectivity index (χ4v) is 11.1. The molecule has 0 bridgehead atoms. The van der Waals surface area contributed by atoms with Gasteiger partial charge in [-0.15, -0.1) is 11.5 Å². The lowest BCUT2D eigenvalue weighted by Crippen LogP contribution is -2.50. The molecule has 5 heteroatoms. The minimum atomic E-state index is -1.80. The summed E-state index contributed by atoms with van der Waals surface area (Å²) in [6.45, 7) is 27.4. The highest BCUT2D eigenvalue weighted by Gasteiger charge is 2.40. The Balaban J connectivity index is 5.44. The van der Waals surface area contributed by atoms with Crippen LogP contribution in [0, 0.1) is 23.3 Å². The van der Waals surface area contributed by atoms with Crippen LogP contribution in [0.5, 0.6) is 0 Å². The Morgan fingerprint density at radius 2 is 1.12 bits per heavy atom. The first-order valence-corrected chi connectivity index (χ1v) is 19.6. The highest BCUT2D eigenvalue weighted by atomic mass is 28.4. The van der Waals surface area contributed by atoms with Crippen LogP contribution in [-0.4, -0.2) is 30.5 Å². The Morgan fingerprint density at radius 3 is 1.40 bits per heavy atom. The molecule has 0 unspecified atom stereocenters. The van der Waals surface area contributed by atoms with Crippen molar-refractivity contribution < 1.29 is 8.85 Å². The highest BCUT2D eigenvalue weighted by Crippen LogP contribution is 2.32. The van der Waals surface area contributed by atoms with Gasteiger partial charge in [-0.3, -0.25) is 0 Å². The van der Waals surface area contributed by atoms with Gasteiger partial charge >= 0.3 is 0 Å². The molecular weight excluding hydrogens is 356 g/mol. The molecule has 0 aliphatic carbocycles. The van der Waals surface area contributed by atoms with Crippen LogP contribution in [-0.2, 0) is 8.85 Å². The van der Waals surface area contributed by atoms with Gasteiger partial charge in [0.2, 0.25) is 0 Å². The van der Waals surface area contributed by atoms with E-state index in [1.54, 1.807) is 0 Å². The van der Waals surface area contributed by atoms with Gasteiger partial charge in [-0.2, -0.15) is 0 Å². The Labute approximate surface area is 161 Å². The molecule has 148 valence electrons. The molecule has 0 heterocycles. The van der Waals surface area contributed by atoms with Crippen molar-refractivity contribution in [3.8, 4) is 11.5 Å². The molecular formula is C20H44O2Si3. The molecule has 0 aromatic rings. The Bertz CT molecular complexity index is 442. The molecule has 0 rings (SSSR count). The lowest BCUT2D eigenvalue weighted by atomic mass is 10.2. The predicted octanol–water partition coefficient (Wildman–Crippen LogP) is 6.73. The summed E-state index contributed by atoms with van der Waals surface area (Å²) < 4.78 is 13.5. The molecule has 0 aliphatic rings. The first-order valence-electron chi connectivity index (χ1n) is 9.86. The summed E-state index contributed by atoms with van der Waals surface area (Å²) in [5.74, 6) is 4.16. The molecule has 0 N–H and O–H groups in total. The Kier molecular flexibility index (Phi) is 9.41. The van der Waals surface area contributed by atoms with Crippen molar-refractivity contribution in [2.45, 2.75) is 105 Å². The van der Waals surface area contributed by atoms with Crippen molar-refractivity contribution in [1.82, 2.24) is 0 Å². The summed E-state index contributed by atoms with van der Waals surface area (Å²) in [7, 11) is -4.97. The third-order valence-corrected chi connectivity index (χ3v) is 10.2. The van der Waals surface area contributed by atoms with Gasteiger partial charge in [0.15, 0.2) is 22.4 Å². The maximum Gasteiger partial charge on any atom is 0.190 e. The van der Waals surface area contributed by atoms with Gasteiger partial charge < -0.3 is 8.85 Å². The van der Waals surface area contributed by atoms with Gasteiger partial charge in [-0.25, -0.2) is 0 Å². The van der Waals surface area contributed by atoms with E-state index in [0.29, 0.717) is 18.3 Å². The van der Waals surface area contributed by atoms with E-state index in [1.807, 2.05) is 0 Å². The van der Waals surface area contributed by atoms with Crippen molar-refractivity contribution in [3.05, 3.63) is 0 Å². The monoisotopic (exact) mass is 400 g/mol. The highest BCUT2D eigenvalue weighted by molar-refractivity contribution is 6.83. The maximum atomic E-state index is 6.73. The fraction of sp³-hybridized carbons (Fsp3) is 0.900. The van der Waals surface area contributed by atoms with Crippen LogP contribution in [0.1, 0.15) is 41.0 Å². The van der Waals surface area contributed by atoms with Crippen LogP contribution in [0.3, 0.4) is 0 Å². The molecule has 0 aromatic carbocycles. The van der Waals surface area contributed by atoms with Crippen molar-refractivity contribution in [1.29, 1.82) is 0 Å². The van der Waals surface area contributed by atoms with E-state index in [1.165, 1.54) is 0 Å². The maximum absolute atomic E-state index is 6.73. The van der Waals surface area contributed by atoms with Crippen molar-refractivity contribution in [2.24, 2.45) is 11.8 Å². The number of hydrogen-bond acceptors (Lipinski definition) is 2. The molecule has 25 heavy (non-hydrogen) atoms. The zero-order valence-electron chi connectivity index (χ0n) is 19.1. The van der Waals surface area contributed by atoms with Gasteiger partial charge in [-0.05, 0) is 57.0 Å². The lowest BCUT2D eigenvalue weighted by molar-refractivity contribution is -0.109. The van der Waals surface area contributed by atoms with E-state index in [4.69, 9.17) is 8.85 Å². The minimum absolute atomic E-state index is 0.568. The van der Waals surface area contributed by atoms with Gasteiger partial charge in [0.05, 0.1) is 6.42 Å². The quantitative estimate of drug-likeness (QED) is 0.243. The smallest absolute Gasteiger partial charge is 0.190 e. The summed E-state index contributed by atoms with van der Waals surface area (Å²) in [6, 6.07) is 2.30. The van der Waals surface area contributed by atoms with Gasteiger partial charge in [0, 0.05) is 0 Å². The van der Waals surface area contributed by atoms with E-state index >= 15 is 0 Å². The topological polar surface area (TPSA) is 18.5 Å². The molecule has 0 amide bonds. The third kappa shape index (κ3) is 13.0. The molecule has 0 atom stereocenters. The van der Waals surface area contributed by atoms with Gasteiger partial charge in [0.25, 0.3) is 0 Å². The average molecular weight is 401 g/mol. The molecule has 0 spiro atoms. The fourth-order valence-electron chi connectivity index (χ4n) is 3.78. The first-order chi connectivity index (χ1) is 11.0. The van der Waals surface area contributed by atoms with Crippen LogP contribution < -0.4 is 0 Å². The van der Waals surface area contributed by atoms with E-state index < -0.39 is 30.5 Å². The van der Waals surface area contributed by atoms with Crippen molar-refractivity contribution >= 4 is 24.7 Å². The molecule has 0 fully saturated rings. The van der Waals surface area contributed by atoms with Crippen LogP contribution in [0.4, 0.5) is 0 Å². The second kappa shape index (κ2) is 9.36. The van der Waals surface area contributed by atoms with E-state index in [0.717, 1.165) is 12.1 Å². The first kappa shape index (κ1) is 25.1. The SMILES string of the molecule is CC(C)C[Si](C)(C)OC(C)(CC#C[Si](C)(C)C)O[Si](C)(C)CC(C)C. The second-order valence-corrected chi connectivity index (χ2v) is 23.8. The average Bonchev–Trinajstić information content (AvgIpc) is 2.18. The summed E-state index contributed by atoms with van der Waals surface area (Å²) in [5.41, 5.74) is 3.49. The third-order valence-electron chi connectivity index (χ3n) is 3.66. The lowest BCUT2D eigenvalue weighted by Gasteiger charge is -2.42. The zero-order valence-corrected chi connectivity index (χ0v) is 22.1. The molecule has 0 saturated heterocycles. The Hall–Kier alpha value is 0.131. The summed E-state index contributed by atoms with van der Waals surface area (Å²) in [4.78, 5) is 0. The van der Waals surface area contributed by atoms with E-state index in [9.17, 15) is 0 Å². The molecule has 0 aromatic heterocycles.